The van der Waals surface area contributed by atoms with E-state index in [1.807, 2.05) is 18.2 Å². The minimum Gasteiger partial charge on any atom is -0.366 e. The molecule has 1 aromatic heterocycles. The fourth-order valence-electron chi connectivity index (χ4n) is 3.27. The van der Waals surface area contributed by atoms with Crippen molar-refractivity contribution in [3.05, 3.63) is 59.9 Å². The van der Waals surface area contributed by atoms with Crippen molar-refractivity contribution >= 4 is 11.4 Å². The highest BCUT2D eigenvalue weighted by Crippen LogP contribution is 2.26. The fourth-order valence-corrected chi connectivity index (χ4v) is 3.27. The Morgan fingerprint density at radius 3 is 2.60 bits per heavy atom. The summed E-state index contributed by atoms with van der Waals surface area (Å²) >= 11 is 0. The molecule has 0 saturated carbocycles. The van der Waals surface area contributed by atoms with Gasteiger partial charge >= 0.3 is 0 Å². The van der Waals surface area contributed by atoms with Crippen LogP contribution >= 0.6 is 0 Å². The quantitative estimate of drug-likeness (QED) is 0.879. The number of benzodiazepines with no additional fused rings is 1. The highest BCUT2D eigenvalue weighted by molar-refractivity contribution is 6.15. The van der Waals surface area contributed by atoms with Crippen molar-refractivity contribution in [1.29, 1.82) is 0 Å². The van der Waals surface area contributed by atoms with Crippen LogP contribution in [-0.2, 0) is 0 Å². The molecule has 3 rings (SSSR count). The van der Waals surface area contributed by atoms with Gasteiger partial charge in [0.1, 0.15) is 6.17 Å². The zero-order valence-corrected chi connectivity index (χ0v) is 15.1. The van der Waals surface area contributed by atoms with Gasteiger partial charge < -0.3 is 15.5 Å². The van der Waals surface area contributed by atoms with Gasteiger partial charge in [0.05, 0.1) is 18.0 Å². The zero-order valence-electron chi connectivity index (χ0n) is 15.1. The number of rotatable bonds is 6. The topological polar surface area (TPSA) is 57.8 Å². The lowest BCUT2D eigenvalue weighted by molar-refractivity contribution is 0.309. The Bertz CT molecular complexity index is 709. The molecule has 0 spiro atoms. The number of likely N-dealkylation sites (N-methyl/N-ethyl adjacent to an activating group) is 1. The third-order valence-electron chi connectivity index (χ3n) is 4.69. The molecule has 1 aromatic carbocycles. The summed E-state index contributed by atoms with van der Waals surface area (Å²) in [4.78, 5) is 14.1. The van der Waals surface area contributed by atoms with Crippen molar-refractivity contribution in [2.75, 3.05) is 37.6 Å². The highest BCUT2D eigenvalue weighted by Gasteiger charge is 2.23. The summed E-state index contributed by atoms with van der Waals surface area (Å²) in [6.45, 7) is 9.21. The molecule has 25 heavy (non-hydrogen) atoms. The number of aromatic nitrogens is 1. The van der Waals surface area contributed by atoms with Gasteiger partial charge in [0.2, 0.25) is 0 Å². The monoisotopic (exact) mass is 337 g/mol. The number of anilines is 1. The second kappa shape index (κ2) is 8.23. The number of fused-ring (bicyclic) bond motifs is 1. The number of hydrogen-bond acceptors (Lipinski definition) is 5. The van der Waals surface area contributed by atoms with Crippen molar-refractivity contribution < 1.29 is 0 Å². The standard InChI is InChI=1S/C20H27N5/c1-3-24(4-2)13-14-25-15-19(21)23-20(17-10-7-8-12-22-17)16-9-5-6-11-18(16)25/h5-12,19H,3-4,13-15,21H2,1-2H3. The highest BCUT2D eigenvalue weighted by atomic mass is 15.2. The lowest BCUT2D eigenvalue weighted by Crippen LogP contribution is -2.40. The number of pyridine rings is 1. The third-order valence-corrected chi connectivity index (χ3v) is 4.69. The first-order valence-corrected chi connectivity index (χ1v) is 9.04. The lowest BCUT2D eigenvalue weighted by atomic mass is 10.0. The maximum absolute atomic E-state index is 6.33. The van der Waals surface area contributed by atoms with Crippen LogP contribution < -0.4 is 10.6 Å². The van der Waals surface area contributed by atoms with Gasteiger partial charge in [-0.15, -0.1) is 0 Å². The van der Waals surface area contributed by atoms with Crippen LogP contribution in [0.4, 0.5) is 5.69 Å². The molecule has 132 valence electrons. The fraction of sp³-hybridized carbons (Fsp3) is 0.400. The molecule has 1 atom stereocenters. The van der Waals surface area contributed by atoms with Gasteiger partial charge in [0, 0.05) is 30.5 Å². The summed E-state index contributed by atoms with van der Waals surface area (Å²) < 4.78 is 0. The van der Waals surface area contributed by atoms with E-state index in [9.17, 15) is 0 Å². The van der Waals surface area contributed by atoms with Gasteiger partial charge in [-0.05, 0) is 31.3 Å². The van der Waals surface area contributed by atoms with Crippen molar-refractivity contribution in [3.8, 4) is 0 Å². The van der Waals surface area contributed by atoms with Crippen LogP contribution in [0.5, 0.6) is 0 Å². The maximum atomic E-state index is 6.33. The van der Waals surface area contributed by atoms with Gasteiger partial charge in [-0.3, -0.25) is 9.98 Å². The van der Waals surface area contributed by atoms with Gasteiger partial charge in [0.25, 0.3) is 0 Å². The van der Waals surface area contributed by atoms with Crippen LogP contribution in [0.1, 0.15) is 25.1 Å². The van der Waals surface area contributed by atoms with Crippen LogP contribution in [0.3, 0.4) is 0 Å². The molecule has 2 aromatic rings. The first-order chi connectivity index (χ1) is 12.2. The molecule has 2 N–H and O–H groups in total. The summed E-state index contributed by atoms with van der Waals surface area (Å²) in [5, 5.41) is 0. The van der Waals surface area contributed by atoms with E-state index < -0.39 is 0 Å². The van der Waals surface area contributed by atoms with E-state index in [0.29, 0.717) is 6.54 Å². The minimum absolute atomic E-state index is 0.263. The molecule has 0 amide bonds. The zero-order chi connectivity index (χ0) is 17.6. The number of nitrogens with two attached hydrogens (primary N) is 1. The molecule has 0 bridgehead atoms. The van der Waals surface area contributed by atoms with Gasteiger partial charge in [-0.1, -0.05) is 38.1 Å². The van der Waals surface area contributed by atoms with Gasteiger partial charge in [0.15, 0.2) is 0 Å². The van der Waals surface area contributed by atoms with Crippen LogP contribution in [0, 0.1) is 0 Å². The van der Waals surface area contributed by atoms with Crippen molar-refractivity contribution in [2.45, 2.75) is 20.0 Å². The first kappa shape index (κ1) is 17.6. The Morgan fingerprint density at radius 1 is 1.12 bits per heavy atom. The molecule has 0 fully saturated rings. The number of benzene rings is 1. The minimum atomic E-state index is -0.263. The molecule has 0 aliphatic carbocycles. The van der Waals surface area contributed by atoms with Crippen molar-refractivity contribution in [3.63, 3.8) is 0 Å². The molecular formula is C20H27N5. The predicted octanol–water partition coefficient (Wildman–Crippen LogP) is 2.37. The summed E-state index contributed by atoms with van der Waals surface area (Å²) in [6, 6.07) is 14.3. The number of para-hydroxylation sites is 1. The molecule has 0 saturated heterocycles. The van der Waals surface area contributed by atoms with Gasteiger partial charge in [-0.25, -0.2) is 0 Å². The van der Waals surface area contributed by atoms with E-state index in [1.54, 1.807) is 6.20 Å². The number of aliphatic imine (C=N–C) groups is 1. The lowest BCUT2D eigenvalue weighted by Gasteiger charge is -2.29. The molecule has 1 aliphatic heterocycles. The summed E-state index contributed by atoms with van der Waals surface area (Å²) in [5.74, 6) is 0. The first-order valence-electron chi connectivity index (χ1n) is 9.04. The van der Waals surface area contributed by atoms with E-state index in [-0.39, 0.29) is 6.17 Å². The van der Waals surface area contributed by atoms with Crippen LogP contribution in [0.25, 0.3) is 0 Å². The summed E-state index contributed by atoms with van der Waals surface area (Å²) in [6.07, 6.45) is 1.54. The van der Waals surface area contributed by atoms with Crippen molar-refractivity contribution in [2.24, 2.45) is 10.7 Å². The molecule has 1 aliphatic rings. The van der Waals surface area contributed by atoms with E-state index in [4.69, 9.17) is 10.7 Å². The van der Waals surface area contributed by atoms with Crippen LogP contribution in [-0.4, -0.2) is 54.5 Å². The Morgan fingerprint density at radius 2 is 1.88 bits per heavy atom. The predicted molar refractivity (Wildman–Crippen MR) is 104 cm³/mol. The molecule has 2 heterocycles. The molecular weight excluding hydrogens is 310 g/mol. The van der Waals surface area contributed by atoms with Crippen LogP contribution in [0.2, 0.25) is 0 Å². The Labute approximate surface area is 150 Å². The Kier molecular flexibility index (Phi) is 5.79. The normalized spacial score (nSPS) is 17.2. The number of hydrogen-bond donors (Lipinski definition) is 1. The average Bonchev–Trinajstić information content (AvgIpc) is 2.80. The molecule has 5 heteroatoms. The smallest absolute Gasteiger partial charge is 0.115 e. The summed E-state index contributed by atoms with van der Waals surface area (Å²) in [7, 11) is 0. The second-order valence-electron chi connectivity index (χ2n) is 6.25. The maximum Gasteiger partial charge on any atom is 0.115 e. The van der Waals surface area contributed by atoms with E-state index in [2.05, 4.69) is 52.9 Å². The molecule has 0 radical (unpaired) electrons. The van der Waals surface area contributed by atoms with Crippen LogP contribution in [0.15, 0.2) is 53.7 Å². The van der Waals surface area contributed by atoms with E-state index in [0.717, 1.165) is 43.1 Å². The number of nitrogens with zero attached hydrogens (tertiary/aromatic N) is 4. The SMILES string of the molecule is CCN(CC)CCN1CC(N)N=C(c2ccccn2)c2ccccc21. The van der Waals surface area contributed by atoms with Gasteiger partial charge in [-0.2, -0.15) is 0 Å². The largest absolute Gasteiger partial charge is 0.366 e. The second-order valence-corrected chi connectivity index (χ2v) is 6.25. The summed E-state index contributed by atoms with van der Waals surface area (Å²) in [5.41, 5.74) is 10.4. The third kappa shape index (κ3) is 4.06. The Hall–Kier alpha value is -2.24. The molecule has 1 unspecified atom stereocenters. The van der Waals surface area contributed by atoms with Crippen molar-refractivity contribution in [1.82, 2.24) is 9.88 Å². The molecule has 5 nitrogen and oxygen atoms in total. The Balaban J connectivity index is 1.94. The van der Waals surface area contributed by atoms with E-state index >= 15 is 0 Å². The average molecular weight is 337 g/mol. The van der Waals surface area contributed by atoms with E-state index in [1.165, 1.54) is 5.69 Å².